The highest BCUT2D eigenvalue weighted by atomic mass is 32.2. The molecule has 3 aromatic rings. The van der Waals surface area contributed by atoms with E-state index in [1.54, 1.807) is 18.2 Å². The van der Waals surface area contributed by atoms with Crippen LogP contribution >= 0.6 is 0 Å². The van der Waals surface area contributed by atoms with E-state index in [1.165, 1.54) is 28.9 Å². The van der Waals surface area contributed by atoms with Gasteiger partial charge in [-0.1, -0.05) is 42.0 Å². The van der Waals surface area contributed by atoms with E-state index in [9.17, 15) is 17.2 Å². The van der Waals surface area contributed by atoms with Gasteiger partial charge in [-0.05, 0) is 25.1 Å². The molecule has 2 aromatic carbocycles. The van der Waals surface area contributed by atoms with E-state index >= 15 is 0 Å². The van der Waals surface area contributed by atoms with Gasteiger partial charge in [0, 0.05) is 5.56 Å². The van der Waals surface area contributed by atoms with Crippen LogP contribution in [-0.2, 0) is 10.0 Å². The number of hydrogen-bond acceptors (Lipinski definition) is 3. The molecule has 1 aromatic heterocycles. The predicted octanol–water partition coefficient (Wildman–Crippen LogP) is 3.43. The second-order valence-corrected chi connectivity index (χ2v) is 7.08. The van der Waals surface area contributed by atoms with Gasteiger partial charge in [-0.25, -0.2) is 27.0 Å². The number of benzene rings is 2. The van der Waals surface area contributed by atoms with E-state index in [-0.39, 0.29) is 10.6 Å². The van der Waals surface area contributed by atoms with Crippen LogP contribution in [0.4, 0.5) is 8.78 Å². The van der Waals surface area contributed by atoms with E-state index in [2.05, 4.69) is 5.10 Å². The van der Waals surface area contributed by atoms with Crippen molar-refractivity contribution in [3.05, 3.63) is 65.9 Å². The van der Waals surface area contributed by atoms with Gasteiger partial charge in [0.2, 0.25) is 10.0 Å². The molecule has 0 saturated carbocycles. The molecule has 0 radical (unpaired) electrons. The Labute approximate surface area is 143 Å². The summed E-state index contributed by atoms with van der Waals surface area (Å²) in [7, 11) is -4.05. The van der Waals surface area contributed by atoms with Crippen LogP contribution in [0.15, 0.2) is 59.5 Å². The molecule has 130 valence electrons. The Kier molecular flexibility index (Phi) is 4.40. The lowest BCUT2D eigenvalue weighted by atomic mass is 10.1. The lowest BCUT2D eigenvalue weighted by molar-refractivity contribution is 0.145. The molecule has 0 aliphatic rings. The smallest absolute Gasteiger partial charge is 0.231 e. The summed E-state index contributed by atoms with van der Waals surface area (Å²) in [5.74, 6) is 0. The zero-order valence-corrected chi connectivity index (χ0v) is 14.0. The van der Waals surface area contributed by atoms with Crippen molar-refractivity contribution in [3.8, 4) is 16.9 Å². The van der Waals surface area contributed by atoms with Crippen LogP contribution in [-0.4, -0.2) is 18.2 Å². The van der Waals surface area contributed by atoms with Crippen molar-refractivity contribution < 1.29 is 17.2 Å². The van der Waals surface area contributed by atoms with Gasteiger partial charge in [-0.3, -0.25) is 0 Å². The number of aromatic nitrogens is 2. The van der Waals surface area contributed by atoms with Gasteiger partial charge in [-0.15, -0.1) is 0 Å². The molecule has 8 heteroatoms. The highest BCUT2D eigenvalue weighted by Crippen LogP contribution is 2.30. The van der Waals surface area contributed by atoms with E-state index in [4.69, 9.17) is 5.14 Å². The van der Waals surface area contributed by atoms with Crippen LogP contribution in [0.1, 0.15) is 17.7 Å². The maximum atomic E-state index is 13.2. The number of primary sulfonamides is 1. The summed E-state index contributed by atoms with van der Waals surface area (Å²) in [5.41, 5.74) is 1.67. The lowest BCUT2D eigenvalue weighted by Gasteiger charge is -2.11. The normalized spacial score (nSPS) is 11.9. The van der Waals surface area contributed by atoms with Gasteiger partial charge in [0.25, 0.3) is 6.43 Å². The lowest BCUT2D eigenvalue weighted by Crippen LogP contribution is -2.16. The summed E-state index contributed by atoms with van der Waals surface area (Å²) >= 11 is 0. The molecule has 1 heterocycles. The fourth-order valence-corrected chi connectivity index (χ4v) is 3.21. The minimum atomic E-state index is -4.05. The Morgan fingerprint density at radius 2 is 1.72 bits per heavy atom. The molecule has 25 heavy (non-hydrogen) atoms. The Hall–Kier alpha value is -2.58. The van der Waals surface area contributed by atoms with Crippen LogP contribution in [0.5, 0.6) is 0 Å². The maximum Gasteiger partial charge on any atom is 0.282 e. The Balaban J connectivity index is 2.28. The molecular weight excluding hydrogens is 348 g/mol. The molecule has 0 bridgehead atoms. The highest BCUT2D eigenvalue weighted by molar-refractivity contribution is 7.89. The van der Waals surface area contributed by atoms with Crippen molar-refractivity contribution in [1.82, 2.24) is 9.78 Å². The zero-order chi connectivity index (χ0) is 18.2. The monoisotopic (exact) mass is 363 g/mol. The molecule has 0 fully saturated rings. The summed E-state index contributed by atoms with van der Waals surface area (Å²) in [5, 5.41) is 9.15. The topological polar surface area (TPSA) is 78.0 Å². The highest BCUT2D eigenvalue weighted by Gasteiger charge is 2.22. The predicted molar refractivity (Wildman–Crippen MR) is 90.1 cm³/mol. The third-order valence-corrected chi connectivity index (χ3v) is 4.66. The number of nitrogens with two attached hydrogens (primary N) is 1. The first-order chi connectivity index (χ1) is 11.8. The van der Waals surface area contributed by atoms with Gasteiger partial charge in [-0.2, -0.15) is 5.10 Å². The molecule has 3 rings (SSSR count). The molecule has 0 saturated heterocycles. The van der Waals surface area contributed by atoms with E-state index in [0.717, 1.165) is 5.56 Å². The van der Waals surface area contributed by atoms with Crippen LogP contribution in [0.25, 0.3) is 16.9 Å². The number of sulfonamides is 1. The molecule has 0 atom stereocenters. The van der Waals surface area contributed by atoms with E-state index in [1.807, 2.05) is 19.1 Å². The second-order valence-electron chi connectivity index (χ2n) is 5.55. The summed E-state index contributed by atoms with van der Waals surface area (Å²) in [4.78, 5) is -0.188. The van der Waals surface area contributed by atoms with Crippen molar-refractivity contribution in [1.29, 1.82) is 0 Å². The number of halogens is 2. The number of rotatable bonds is 4. The first-order valence-electron chi connectivity index (χ1n) is 7.35. The number of para-hydroxylation sites is 1. The molecule has 0 unspecified atom stereocenters. The molecule has 0 aliphatic carbocycles. The minimum Gasteiger partial charge on any atom is -0.231 e. The standard InChI is InChI=1S/C17H15F2N3O2S/c1-11-6-8-12(9-7-11)15-10-13(17(18)19)21-22(15)14-4-2-3-5-16(14)25(20,23)24/h2-10,17H,1H3,(H2,20,23,24). The molecule has 0 aliphatic heterocycles. The molecule has 0 spiro atoms. The van der Waals surface area contributed by atoms with Crippen LogP contribution < -0.4 is 5.14 Å². The molecule has 0 amide bonds. The number of aryl methyl sites for hydroxylation is 1. The minimum absolute atomic E-state index is 0.118. The SMILES string of the molecule is Cc1ccc(-c2cc(C(F)F)nn2-c2ccccc2S(N)(=O)=O)cc1. The molecular formula is C17H15F2N3O2S. The van der Waals surface area contributed by atoms with Gasteiger partial charge >= 0.3 is 0 Å². The molecule has 2 N–H and O–H groups in total. The summed E-state index contributed by atoms with van der Waals surface area (Å²) in [6, 6.07) is 14.3. The summed E-state index contributed by atoms with van der Waals surface area (Å²) < 4.78 is 51.2. The zero-order valence-electron chi connectivity index (χ0n) is 13.2. The van der Waals surface area contributed by atoms with Crippen molar-refractivity contribution in [3.63, 3.8) is 0 Å². The van der Waals surface area contributed by atoms with Gasteiger partial charge in [0.05, 0.1) is 11.4 Å². The van der Waals surface area contributed by atoms with Crippen LogP contribution in [0, 0.1) is 6.92 Å². The van der Waals surface area contributed by atoms with Crippen LogP contribution in [0.3, 0.4) is 0 Å². The first kappa shape index (κ1) is 17.2. The Morgan fingerprint density at radius 3 is 2.32 bits per heavy atom. The van der Waals surface area contributed by atoms with Gasteiger partial charge in [0.15, 0.2) is 0 Å². The molecule has 5 nitrogen and oxygen atoms in total. The quantitative estimate of drug-likeness (QED) is 0.771. The fraction of sp³-hybridized carbons (Fsp3) is 0.118. The average Bonchev–Trinajstić information content (AvgIpc) is 3.00. The second kappa shape index (κ2) is 6.38. The Morgan fingerprint density at radius 1 is 1.08 bits per heavy atom. The van der Waals surface area contributed by atoms with E-state index in [0.29, 0.717) is 11.3 Å². The number of alkyl halides is 2. The van der Waals surface area contributed by atoms with Crippen molar-refractivity contribution in [2.24, 2.45) is 5.14 Å². The third kappa shape index (κ3) is 3.45. The maximum absolute atomic E-state index is 13.2. The number of nitrogens with zero attached hydrogens (tertiary/aromatic N) is 2. The Bertz CT molecular complexity index is 1010. The number of hydrogen-bond donors (Lipinski definition) is 1. The summed E-state index contributed by atoms with van der Waals surface area (Å²) in [6.45, 7) is 1.90. The van der Waals surface area contributed by atoms with Crippen molar-refractivity contribution in [2.45, 2.75) is 18.2 Å². The van der Waals surface area contributed by atoms with E-state index < -0.39 is 22.1 Å². The van der Waals surface area contributed by atoms with Crippen molar-refractivity contribution in [2.75, 3.05) is 0 Å². The third-order valence-electron chi connectivity index (χ3n) is 3.70. The largest absolute Gasteiger partial charge is 0.282 e. The van der Waals surface area contributed by atoms with Gasteiger partial charge in [0.1, 0.15) is 10.6 Å². The van der Waals surface area contributed by atoms with Gasteiger partial charge < -0.3 is 0 Å². The van der Waals surface area contributed by atoms with Crippen molar-refractivity contribution >= 4 is 10.0 Å². The fourth-order valence-electron chi connectivity index (χ4n) is 2.49. The first-order valence-corrected chi connectivity index (χ1v) is 8.89. The average molecular weight is 363 g/mol. The summed E-state index contributed by atoms with van der Waals surface area (Å²) in [6.07, 6.45) is -2.79. The van der Waals surface area contributed by atoms with Crippen LogP contribution in [0.2, 0.25) is 0 Å².